The van der Waals surface area contributed by atoms with Gasteiger partial charge >= 0.3 is 0 Å². The molecule has 0 radical (unpaired) electrons. The number of hydrogen-bond donors (Lipinski definition) is 0. The molecule has 7 rings (SSSR count). The molecule has 1 atom stereocenters. The summed E-state index contributed by atoms with van der Waals surface area (Å²) in [5, 5.41) is 4.94. The molecule has 6 aromatic carbocycles. The Bertz CT molecular complexity index is 2210. The van der Waals surface area contributed by atoms with E-state index < -0.39 is 0 Å². The smallest absolute Gasteiger partial charge is 0.0619 e. The second-order valence-electron chi connectivity index (χ2n) is 14.4. The molecule has 0 N–H and O–H groups in total. The molecule has 0 aromatic heterocycles. The summed E-state index contributed by atoms with van der Waals surface area (Å²) in [6, 6.07) is 38.8. The minimum atomic E-state index is 0.366. The lowest BCUT2D eigenvalue weighted by Crippen LogP contribution is -2.25. The first kappa shape index (κ1) is 32.5. The van der Waals surface area contributed by atoms with Crippen molar-refractivity contribution < 1.29 is 0 Å². The van der Waals surface area contributed by atoms with E-state index in [1.54, 1.807) is 0 Å². The fourth-order valence-corrected chi connectivity index (χ4v) is 7.47. The molecule has 0 amide bonds. The van der Waals surface area contributed by atoms with Gasteiger partial charge in [-0.25, -0.2) is 0 Å². The van der Waals surface area contributed by atoms with E-state index in [0.717, 1.165) is 6.42 Å². The lowest BCUT2D eigenvalue weighted by atomic mass is 9.87. The van der Waals surface area contributed by atoms with E-state index in [1.807, 2.05) is 0 Å². The summed E-state index contributed by atoms with van der Waals surface area (Å²) in [7, 11) is 0. The molecule has 6 aromatic rings. The summed E-state index contributed by atoms with van der Waals surface area (Å²) < 4.78 is 0. The van der Waals surface area contributed by atoms with Crippen molar-refractivity contribution in [3.8, 4) is 0 Å². The van der Waals surface area contributed by atoms with Crippen molar-refractivity contribution in [2.75, 3.05) is 9.80 Å². The molecule has 2 heteroatoms. The molecule has 2 nitrogen and oxygen atoms in total. The molecule has 0 aliphatic heterocycles. The molecule has 1 unspecified atom stereocenters. The Morgan fingerprint density at radius 1 is 0.449 bits per heavy atom. The van der Waals surface area contributed by atoms with Crippen LogP contribution in [0.3, 0.4) is 0 Å². The van der Waals surface area contributed by atoms with Crippen molar-refractivity contribution in [2.45, 2.75) is 68.7 Å². The topological polar surface area (TPSA) is 6.48 Å². The van der Waals surface area contributed by atoms with Gasteiger partial charge in [-0.05, 0) is 138 Å². The van der Waals surface area contributed by atoms with E-state index >= 15 is 0 Å². The molecule has 49 heavy (non-hydrogen) atoms. The van der Waals surface area contributed by atoms with E-state index in [1.165, 1.54) is 100 Å². The first-order chi connectivity index (χ1) is 23.5. The molecule has 246 valence electrons. The molecular formula is C47H48N2. The van der Waals surface area contributed by atoms with Gasteiger partial charge in [0.05, 0.1) is 11.4 Å². The first-order valence-corrected chi connectivity index (χ1v) is 17.7. The highest BCUT2D eigenvalue weighted by atomic mass is 15.2. The lowest BCUT2D eigenvalue weighted by molar-refractivity contribution is 0.642. The van der Waals surface area contributed by atoms with E-state index in [0.29, 0.717) is 5.92 Å². The number of nitrogens with zero attached hydrogens (tertiary/aromatic N) is 2. The fourth-order valence-electron chi connectivity index (χ4n) is 7.47. The minimum absolute atomic E-state index is 0.366. The maximum atomic E-state index is 2.58. The van der Waals surface area contributed by atoms with Crippen molar-refractivity contribution in [3.63, 3.8) is 0 Å². The maximum Gasteiger partial charge on any atom is 0.0619 e. The fraction of sp³-hybridized carbons (Fsp3) is 0.234. The van der Waals surface area contributed by atoms with Gasteiger partial charge < -0.3 is 9.80 Å². The van der Waals surface area contributed by atoms with Gasteiger partial charge in [0, 0.05) is 50.2 Å². The zero-order valence-electron chi connectivity index (χ0n) is 30.6. The number of rotatable bonds is 6. The van der Waals surface area contributed by atoms with Crippen molar-refractivity contribution >= 4 is 50.0 Å². The molecule has 1 aliphatic rings. The molecule has 0 fully saturated rings. The Balaban J connectivity index is 1.62. The molecule has 0 bridgehead atoms. The number of aryl methyl sites for hydroxylation is 6. The van der Waals surface area contributed by atoms with E-state index in [9.17, 15) is 0 Å². The van der Waals surface area contributed by atoms with Gasteiger partial charge in [0.25, 0.3) is 0 Å². The van der Waals surface area contributed by atoms with Crippen LogP contribution in [-0.4, -0.2) is 0 Å². The predicted octanol–water partition coefficient (Wildman–Crippen LogP) is 13.7. The van der Waals surface area contributed by atoms with E-state index in [2.05, 4.69) is 181 Å². The SMILES string of the molecule is CC1=C(C)CC(C)C(N(c2ccc(C)c(C)c2)c2c3ccccc3c(N(c3ccc(C)c(C)c3)c3ccc(C)c(C)c3)c3ccccc23)=C1. The molecule has 0 saturated heterocycles. The number of hydrogen-bond acceptors (Lipinski definition) is 2. The molecular weight excluding hydrogens is 593 g/mol. The van der Waals surface area contributed by atoms with Crippen molar-refractivity contribution in [1.82, 2.24) is 0 Å². The van der Waals surface area contributed by atoms with Crippen LogP contribution in [0, 0.1) is 47.5 Å². The van der Waals surface area contributed by atoms with Crippen LogP contribution in [0.25, 0.3) is 21.5 Å². The Morgan fingerprint density at radius 3 is 1.20 bits per heavy atom. The summed E-state index contributed by atoms with van der Waals surface area (Å²) in [5.74, 6) is 0.366. The van der Waals surface area contributed by atoms with Gasteiger partial charge in [-0.15, -0.1) is 0 Å². The number of anilines is 5. The van der Waals surface area contributed by atoms with Crippen molar-refractivity contribution in [3.05, 3.63) is 159 Å². The lowest BCUT2D eigenvalue weighted by Gasteiger charge is -2.37. The summed E-state index contributed by atoms with van der Waals surface area (Å²) >= 11 is 0. The Morgan fingerprint density at radius 2 is 0.816 bits per heavy atom. The summed E-state index contributed by atoms with van der Waals surface area (Å²) in [5.41, 5.74) is 17.9. The highest BCUT2D eigenvalue weighted by Crippen LogP contribution is 2.51. The Labute approximate surface area is 293 Å². The van der Waals surface area contributed by atoms with Crippen molar-refractivity contribution in [1.29, 1.82) is 0 Å². The zero-order chi connectivity index (χ0) is 34.6. The zero-order valence-corrected chi connectivity index (χ0v) is 30.6. The summed E-state index contributed by atoms with van der Waals surface area (Å²) in [6.07, 6.45) is 3.49. The van der Waals surface area contributed by atoms with Gasteiger partial charge in [-0.3, -0.25) is 0 Å². The van der Waals surface area contributed by atoms with Crippen LogP contribution in [0.4, 0.5) is 28.4 Å². The normalized spacial score (nSPS) is 14.8. The van der Waals surface area contributed by atoms with Crippen LogP contribution in [0.2, 0.25) is 0 Å². The van der Waals surface area contributed by atoms with Gasteiger partial charge in [0.2, 0.25) is 0 Å². The van der Waals surface area contributed by atoms with Gasteiger partial charge in [-0.2, -0.15) is 0 Å². The third kappa shape index (κ3) is 5.74. The highest BCUT2D eigenvalue weighted by molar-refractivity contribution is 6.22. The maximum absolute atomic E-state index is 2.58. The van der Waals surface area contributed by atoms with Crippen LogP contribution >= 0.6 is 0 Å². The number of benzene rings is 6. The molecule has 0 spiro atoms. The second-order valence-corrected chi connectivity index (χ2v) is 14.4. The minimum Gasteiger partial charge on any atom is -0.313 e. The quantitative estimate of drug-likeness (QED) is 0.132. The molecule has 0 saturated carbocycles. The van der Waals surface area contributed by atoms with Crippen LogP contribution in [0.1, 0.15) is 60.6 Å². The Kier molecular flexibility index (Phi) is 8.45. The summed E-state index contributed by atoms with van der Waals surface area (Å²) in [4.78, 5) is 5.07. The molecule has 0 heterocycles. The van der Waals surface area contributed by atoms with Gasteiger partial charge in [0.1, 0.15) is 0 Å². The van der Waals surface area contributed by atoms with Crippen molar-refractivity contribution in [2.24, 2.45) is 5.92 Å². The Hall–Kier alpha value is -5.08. The van der Waals surface area contributed by atoms with E-state index in [-0.39, 0.29) is 0 Å². The van der Waals surface area contributed by atoms with Crippen LogP contribution in [0.15, 0.2) is 126 Å². The van der Waals surface area contributed by atoms with Crippen LogP contribution < -0.4 is 9.80 Å². The van der Waals surface area contributed by atoms with Gasteiger partial charge in [0.15, 0.2) is 0 Å². The largest absolute Gasteiger partial charge is 0.313 e. The molecule has 1 aliphatic carbocycles. The average Bonchev–Trinajstić information content (AvgIpc) is 3.09. The van der Waals surface area contributed by atoms with E-state index in [4.69, 9.17) is 0 Å². The monoisotopic (exact) mass is 640 g/mol. The highest BCUT2D eigenvalue weighted by Gasteiger charge is 2.29. The predicted molar refractivity (Wildman–Crippen MR) is 213 cm³/mol. The summed E-state index contributed by atoms with van der Waals surface area (Å²) in [6.45, 7) is 20.2. The number of fused-ring (bicyclic) bond motifs is 2. The standard InChI is InChI=1S/C47H48N2/c1-29-18-21-38(25-33(29)5)48(39-22-19-30(2)34(6)26-39)46-41-14-10-12-16-43(41)47(44-17-13-11-15-42(44)46)49(40-23-20-31(3)35(7)27-40)45-28-36(8)32(4)24-37(45)9/h10-23,25-28,37H,24H2,1-9H3. The third-order valence-corrected chi connectivity index (χ3v) is 11.0. The second kappa shape index (κ2) is 12.7. The third-order valence-electron chi connectivity index (χ3n) is 11.0. The first-order valence-electron chi connectivity index (χ1n) is 17.7. The van der Waals surface area contributed by atoms with Gasteiger partial charge in [-0.1, -0.05) is 84.8 Å². The van der Waals surface area contributed by atoms with Crippen LogP contribution in [-0.2, 0) is 0 Å². The van der Waals surface area contributed by atoms with Crippen LogP contribution in [0.5, 0.6) is 0 Å². The average molecular weight is 641 g/mol. The number of allylic oxidation sites excluding steroid dienone is 4.